The summed E-state index contributed by atoms with van der Waals surface area (Å²) in [7, 11) is 0. The topological polar surface area (TPSA) is 41.5 Å². The van der Waals surface area contributed by atoms with Gasteiger partial charge >= 0.3 is 0 Å². The van der Waals surface area contributed by atoms with Crippen LogP contribution in [0.2, 0.25) is 0 Å². The number of amides is 1. The summed E-state index contributed by atoms with van der Waals surface area (Å²) in [6, 6.07) is 14.6. The number of carbonyl (C=O) groups excluding carboxylic acids is 1. The van der Waals surface area contributed by atoms with Crippen LogP contribution in [0.25, 0.3) is 6.08 Å². The van der Waals surface area contributed by atoms with Crippen LogP contribution in [0.15, 0.2) is 53.2 Å². The average molecular weight is 318 g/mol. The summed E-state index contributed by atoms with van der Waals surface area (Å²) in [6.45, 7) is 6.18. The van der Waals surface area contributed by atoms with Crippen LogP contribution in [-0.2, 0) is 11.2 Å². The molecule has 0 unspecified atom stereocenters. The van der Waals surface area contributed by atoms with E-state index < -0.39 is 0 Å². The smallest absolute Gasteiger partial charge is 0.275 e. The molecule has 24 heavy (non-hydrogen) atoms. The molecule has 1 heterocycles. The molecule has 1 N–H and O–H groups in total. The maximum absolute atomic E-state index is 12.2. The Morgan fingerprint density at radius 1 is 1.00 bits per heavy atom. The number of hydrogen-bond acceptors (Lipinski definition) is 2. The third-order valence-electron chi connectivity index (χ3n) is 4.21. The van der Waals surface area contributed by atoms with Crippen molar-refractivity contribution in [1.29, 1.82) is 0 Å². The van der Waals surface area contributed by atoms with E-state index in [1.165, 1.54) is 16.7 Å². The molecular weight excluding hydrogens is 296 g/mol. The first-order valence-electron chi connectivity index (χ1n) is 8.25. The second-order valence-corrected chi connectivity index (χ2v) is 6.39. The van der Waals surface area contributed by atoms with E-state index in [2.05, 4.69) is 59.7 Å². The van der Waals surface area contributed by atoms with Crippen molar-refractivity contribution in [2.45, 2.75) is 33.6 Å². The van der Waals surface area contributed by atoms with Gasteiger partial charge in [-0.3, -0.25) is 4.79 Å². The van der Waals surface area contributed by atoms with Gasteiger partial charge in [0, 0.05) is 6.42 Å². The summed E-state index contributed by atoms with van der Waals surface area (Å²) in [5.74, 6) is 0.633. The minimum Gasteiger partial charge on any atom is -0.309 e. The monoisotopic (exact) mass is 318 g/mol. The standard InChI is InChI=1S/C21H22N2O/c1-14-5-4-6-17(11-14)9-10-20-22-19(21(24)23-20)13-18-12-15(2)7-8-16(18)3/h4-8,11-13H,9-10H2,1-3H3,(H,22,23,24)/b19-13+. The molecule has 3 nitrogen and oxygen atoms in total. The molecule has 1 aliphatic heterocycles. The molecule has 2 aromatic rings. The van der Waals surface area contributed by atoms with Gasteiger partial charge in [0.15, 0.2) is 0 Å². The number of amidine groups is 1. The Morgan fingerprint density at radius 2 is 1.79 bits per heavy atom. The maximum Gasteiger partial charge on any atom is 0.275 e. The zero-order chi connectivity index (χ0) is 17.1. The number of aryl methyl sites for hydroxylation is 4. The van der Waals surface area contributed by atoms with Crippen LogP contribution in [0.4, 0.5) is 0 Å². The molecule has 2 aromatic carbocycles. The minimum atomic E-state index is -0.116. The molecule has 0 spiro atoms. The third kappa shape index (κ3) is 3.80. The number of rotatable bonds is 4. The van der Waals surface area contributed by atoms with E-state index >= 15 is 0 Å². The van der Waals surface area contributed by atoms with Crippen molar-refractivity contribution in [3.8, 4) is 0 Å². The highest BCUT2D eigenvalue weighted by Gasteiger charge is 2.19. The average Bonchev–Trinajstić information content (AvgIpc) is 2.89. The molecule has 0 saturated heterocycles. The minimum absolute atomic E-state index is 0.116. The SMILES string of the molecule is Cc1cccc(CCC2=N/C(=C/c3cc(C)ccc3C)C(=O)N2)c1. The van der Waals surface area contributed by atoms with Crippen LogP contribution in [0.1, 0.15) is 34.2 Å². The number of aliphatic imine (C=N–C) groups is 1. The van der Waals surface area contributed by atoms with Gasteiger partial charge in [-0.2, -0.15) is 0 Å². The highest BCUT2D eigenvalue weighted by Crippen LogP contribution is 2.18. The number of hydrogen-bond donors (Lipinski definition) is 1. The van der Waals surface area contributed by atoms with E-state index in [0.717, 1.165) is 29.8 Å². The fourth-order valence-electron chi connectivity index (χ4n) is 2.83. The molecule has 0 saturated carbocycles. The number of carbonyl (C=O) groups is 1. The van der Waals surface area contributed by atoms with Gasteiger partial charge in [0.2, 0.25) is 0 Å². The van der Waals surface area contributed by atoms with Crippen LogP contribution in [-0.4, -0.2) is 11.7 Å². The summed E-state index contributed by atoms with van der Waals surface area (Å²) in [6.07, 6.45) is 3.48. The second kappa shape index (κ2) is 6.83. The highest BCUT2D eigenvalue weighted by molar-refractivity contribution is 6.14. The van der Waals surface area contributed by atoms with E-state index in [9.17, 15) is 4.79 Å². The van der Waals surface area contributed by atoms with Crippen LogP contribution < -0.4 is 5.32 Å². The Kier molecular flexibility index (Phi) is 4.61. The molecule has 0 fully saturated rings. The molecule has 0 bridgehead atoms. The van der Waals surface area contributed by atoms with Gasteiger partial charge in [-0.25, -0.2) is 4.99 Å². The van der Waals surface area contributed by atoms with Gasteiger partial charge < -0.3 is 5.32 Å². The third-order valence-corrected chi connectivity index (χ3v) is 4.21. The lowest BCUT2D eigenvalue weighted by atomic mass is 10.0. The van der Waals surface area contributed by atoms with E-state index in [1.54, 1.807) is 0 Å². The predicted octanol–water partition coefficient (Wildman–Crippen LogP) is 4.11. The van der Waals surface area contributed by atoms with Crippen molar-refractivity contribution in [3.05, 3.63) is 76.0 Å². The summed E-state index contributed by atoms with van der Waals surface area (Å²) in [5, 5.41) is 2.89. The molecule has 1 aliphatic rings. The van der Waals surface area contributed by atoms with Crippen molar-refractivity contribution in [2.24, 2.45) is 4.99 Å². The normalized spacial score (nSPS) is 15.5. The summed E-state index contributed by atoms with van der Waals surface area (Å²) < 4.78 is 0. The van der Waals surface area contributed by atoms with Crippen molar-refractivity contribution < 1.29 is 4.79 Å². The molecule has 122 valence electrons. The lowest BCUT2D eigenvalue weighted by Gasteiger charge is -2.02. The van der Waals surface area contributed by atoms with E-state index in [4.69, 9.17) is 0 Å². The fraction of sp³-hybridized carbons (Fsp3) is 0.238. The Labute approximate surface area is 143 Å². The van der Waals surface area contributed by atoms with Crippen LogP contribution >= 0.6 is 0 Å². The molecule has 3 heteroatoms. The van der Waals surface area contributed by atoms with E-state index in [0.29, 0.717) is 5.70 Å². The second-order valence-electron chi connectivity index (χ2n) is 6.39. The van der Waals surface area contributed by atoms with Crippen molar-refractivity contribution in [1.82, 2.24) is 5.32 Å². The summed E-state index contributed by atoms with van der Waals surface area (Å²) in [5.41, 5.74) is 6.37. The lowest BCUT2D eigenvalue weighted by molar-refractivity contribution is -0.115. The van der Waals surface area contributed by atoms with Crippen LogP contribution in [0.3, 0.4) is 0 Å². The Hall–Kier alpha value is -2.68. The quantitative estimate of drug-likeness (QED) is 0.847. The largest absolute Gasteiger partial charge is 0.309 e. The van der Waals surface area contributed by atoms with E-state index in [1.807, 2.05) is 19.9 Å². The Balaban J connectivity index is 1.75. The van der Waals surface area contributed by atoms with Crippen LogP contribution in [0, 0.1) is 20.8 Å². The molecule has 1 amide bonds. The van der Waals surface area contributed by atoms with E-state index in [-0.39, 0.29) is 5.91 Å². The lowest BCUT2D eigenvalue weighted by Crippen LogP contribution is -2.24. The van der Waals surface area contributed by atoms with Crippen LogP contribution in [0.5, 0.6) is 0 Å². The first kappa shape index (κ1) is 16.2. The maximum atomic E-state index is 12.2. The first-order valence-corrected chi connectivity index (χ1v) is 8.25. The fourth-order valence-corrected chi connectivity index (χ4v) is 2.83. The number of nitrogens with zero attached hydrogens (tertiary/aromatic N) is 1. The molecule has 3 rings (SSSR count). The number of nitrogens with one attached hydrogen (secondary N) is 1. The first-order chi connectivity index (χ1) is 11.5. The predicted molar refractivity (Wildman–Crippen MR) is 99.0 cm³/mol. The Morgan fingerprint density at radius 3 is 2.58 bits per heavy atom. The van der Waals surface area contributed by atoms with Crippen molar-refractivity contribution in [2.75, 3.05) is 0 Å². The zero-order valence-corrected chi connectivity index (χ0v) is 14.4. The van der Waals surface area contributed by atoms with Gasteiger partial charge in [0.25, 0.3) is 5.91 Å². The van der Waals surface area contributed by atoms with Gasteiger partial charge in [0.05, 0.1) is 0 Å². The zero-order valence-electron chi connectivity index (χ0n) is 14.4. The Bertz CT molecular complexity index is 847. The van der Waals surface area contributed by atoms with Gasteiger partial charge in [-0.15, -0.1) is 0 Å². The molecule has 0 aromatic heterocycles. The van der Waals surface area contributed by atoms with Gasteiger partial charge in [0.1, 0.15) is 11.5 Å². The van der Waals surface area contributed by atoms with Gasteiger partial charge in [-0.05, 0) is 50.0 Å². The molecule has 0 atom stereocenters. The van der Waals surface area contributed by atoms with Crippen molar-refractivity contribution in [3.63, 3.8) is 0 Å². The summed E-state index contributed by atoms with van der Waals surface area (Å²) in [4.78, 5) is 16.6. The van der Waals surface area contributed by atoms with Gasteiger partial charge in [-0.1, -0.05) is 53.6 Å². The highest BCUT2D eigenvalue weighted by atomic mass is 16.2. The molecule has 0 aliphatic carbocycles. The van der Waals surface area contributed by atoms with Crippen molar-refractivity contribution >= 4 is 17.8 Å². The molecular formula is C21H22N2O. The summed E-state index contributed by atoms with van der Waals surface area (Å²) >= 11 is 0. The molecule has 0 radical (unpaired) electrons. The number of benzene rings is 2.